The van der Waals surface area contributed by atoms with Crippen LogP contribution in [0.3, 0.4) is 0 Å². The lowest BCUT2D eigenvalue weighted by atomic mass is 9.98. The lowest BCUT2D eigenvalue weighted by molar-refractivity contribution is 0.243. The number of nitrogens with one attached hydrogen (secondary N) is 1. The first kappa shape index (κ1) is 17.4. The second-order valence-electron chi connectivity index (χ2n) is 6.21. The number of urea groups is 1. The molecule has 2 aromatic carbocycles. The molecule has 0 aromatic heterocycles. The zero-order chi connectivity index (χ0) is 18.2. The topological polar surface area (TPSA) is 86.7 Å². The van der Waals surface area contributed by atoms with Crippen LogP contribution in [0.5, 0.6) is 0 Å². The Hall–Kier alpha value is -2.38. The second kappa shape index (κ2) is 6.50. The smallest absolute Gasteiger partial charge is 0.321 e. The normalized spacial score (nSPS) is 15.2. The third-order valence-corrected chi connectivity index (χ3v) is 5.22. The van der Waals surface area contributed by atoms with Crippen molar-refractivity contribution in [1.29, 1.82) is 0 Å². The molecule has 0 unspecified atom stereocenters. The summed E-state index contributed by atoms with van der Waals surface area (Å²) in [5, 5.41) is 2.77. The average molecular weight is 360 g/mol. The quantitative estimate of drug-likeness (QED) is 0.823. The van der Waals surface area contributed by atoms with Crippen molar-refractivity contribution < 1.29 is 17.8 Å². The van der Waals surface area contributed by atoms with Crippen LogP contribution in [-0.4, -0.2) is 32.1 Å². The fraction of sp³-hybridized carbons (Fsp3) is 0.278. The molecule has 0 saturated carbocycles. The molecule has 0 radical (unpaired) electrons. The molecule has 2 amide bonds. The van der Waals surface area contributed by atoms with Crippen LogP contribution < -0.4 is 10.2 Å². The van der Waals surface area contributed by atoms with Crippen LogP contribution in [0.2, 0.25) is 0 Å². The number of hydrogen-bond acceptors (Lipinski definition) is 3. The highest BCUT2D eigenvalue weighted by atomic mass is 32.2. The van der Waals surface area contributed by atoms with E-state index < -0.39 is 10.1 Å². The van der Waals surface area contributed by atoms with Gasteiger partial charge in [0.2, 0.25) is 0 Å². The number of anilines is 1. The van der Waals surface area contributed by atoms with Gasteiger partial charge in [-0.15, -0.1) is 0 Å². The number of nitrogens with zero attached hydrogens (tertiary/aromatic N) is 1. The number of benzene rings is 2. The Morgan fingerprint density at radius 3 is 2.48 bits per heavy atom. The SMILES string of the molecule is Cc1ccc(-c2cc(N3CCCNC3=O)ccc2S(=O)(=O)O)c(C)c1. The highest BCUT2D eigenvalue weighted by molar-refractivity contribution is 7.86. The number of carbonyl (C=O) groups is 1. The minimum absolute atomic E-state index is 0.166. The van der Waals surface area contributed by atoms with Crippen LogP contribution in [0.1, 0.15) is 17.5 Å². The van der Waals surface area contributed by atoms with Crippen molar-refractivity contribution in [2.24, 2.45) is 0 Å². The van der Waals surface area contributed by atoms with E-state index in [1.807, 2.05) is 32.0 Å². The molecule has 1 saturated heterocycles. The van der Waals surface area contributed by atoms with Crippen molar-refractivity contribution in [1.82, 2.24) is 5.32 Å². The zero-order valence-corrected chi connectivity index (χ0v) is 14.9. The fourth-order valence-electron chi connectivity index (χ4n) is 3.11. The monoisotopic (exact) mass is 360 g/mol. The molecule has 1 aliphatic heterocycles. The molecular weight excluding hydrogens is 340 g/mol. The fourth-order valence-corrected chi connectivity index (χ4v) is 3.80. The van der Waals surface area contributed by atoms with Crippen molar-refractivity contribution in [2.45, 2.75) is 25.2 Å². The van der Waals surface area contributed by atoms with E-state index in [0.29, 0.717) is 29.9 Å². The summed E-state index contributed by atoms with van der Waals surface area (Å²) in [7, 11) is -4.39. The van der Waals surface area contributed by atoms with E-state index in [1.165, 1.54) is 6.07 Å². The van der Waals surface area contributed by atoms with Crippen molar-refractivity contribution in [3.63, 3.8) is 0 Å². The second-order valence-corrected chi connectivity index (χ2v) is 7.60. The lowest BCUT2D eigenvalue weighted by Crippen LogP contribution is -2.46. The van der Waals surface area contributed by atoms with Gasteiger partial charge in [0.15, 0.2) is 0 Å². The molecule has 6 nitrogen and oxygen atoms in total. The first-order valence-electron chi connectivity index (χ1n) is 8.02. The molecule has 0 atom stereocenters. The number of rotatable bonds is 3. The predicted octanol–water partition coefficient (Wildman–Crippen LogP) is 3.14. The van der Waals surface area contributed by atoms with Gasteiger partial charge in [0, 0.05) is 24.3 Å². The van der Waals surface area contributed by atoms with Gasteiger partial charge in [-0.1, -0.05) is 23.8 Å². The van der Waals surface area contributed by atoms with Crippen LogP contribution in [-0.2, 0) is 10.1 Å². The Kier molecular flexibility index (Phi) is 4.53. The van der Waals surface area contributed by atoms with Gasteiger partial charge in [0.05, 0.1) is 0 Å². The van der Waals surface area contributed by atoms with Gasteiger partial charge >= 0.3 is 6.03 Å². The molecule has 2 aromatic rings. The van der Waals surface area contributed by atoms with Crippen molar-refractivity contribution in [3.8, 4) is 11.1 Å². The zero-order valence-electron chi connectivity index (χ0n) is 14.1. The Labute approximate surface area is 147 Å². The maximum atomic E-state index is 12.1. The van der Waals surface area contributed by atoms with Crippen LogP contribution in [0, 0.1) is 13.8 Å². The third kappa shape index (κ3) is 3.52. The van der Waals surface area contributed by atoms with Crippen LogP contribution in [0.25, 0.3) is 11.1 Å². The van der Waals surface area contributed by atoms with Gasteiger partial charge in [-0.3, -0.25) is 9.45 Å². The minimum atomic E-state index is -4.39. The van der Waals surface area contributed by atoms with Crippen molar-refractivity contribution >= 4 is 21.8 Å². The molecule has 2 N–H and O–H groups in total. The Morgan fingerprint density at radius 1 is 1.08 bits per heavy atom. The number of hydrogen-bond donors (Lipinski definition) is 2. The van der Waals surface area contributed by atoms with E-state index >= 15 is 0 Å². The standard InChI is InChI=1S/C18H20N2O4S/c1-12-4-6-15(13(2)10-12)16-11-14(5-7-17(16)25(22,23)24)20-9-3-8-19-18(20)21/h4-7,10-11H,3,8-9H2,1-2H3,(H,19,21)(H,22,23,24). The summed E-state index contributed by atoms with van der Waals surface area (Å²) >= 11 is 0. The minimum Gasteiger partial charge on any atom is -0.338 e. The Balaban J connectivity index is 2.19. The lowest BCUT2D eigenvalue weighted by Gasteiger charge is -2.28. The molecule has 1 aliphatic rings. The molecule has 7 heteroatoms. The predicted molar refractivity (Wildman–Crippen MR) is 96.5 cm³/mol. The number of aryl methyl sites for hydroxylation is 2. The van der Waals surface area contributed by atoms with Gasteiger partial charge in [-0.05, 0) is 49.6 Å². The van der Waals surface area contributed by atoms with Gasteiger partial charge < -0.3 is 5.32 Å². The summed E-state index contributed by atoms with van der Waals surface area (Å²) in [4.78, 5) is 13.5. The Bertz CT molecular complexity index is 938. The molecule has 25 heavy (non-hydrogen) atoms. The van der Waals surface area contributed by atoms with Crippen LogP contribution in [0.4, 0.5) is 10.5 Å². The summed E-state index contributed by atoms with van der Waals surface area (Å²) in [6.07, 6.45) is 0.810. The van der Waals surface area contributed by atoms with Crippen LogP contribution in [0.15, 0.2) is 41.3 Å². The van der Waals surface area contributed by atoms with Gasteiger partial charge in [-0.2, -0.15) is 8.42 Å². The first-order chi connectivity index (χ1) is 11.8. The number of carbonyl (C=O) groups excluding carboxylic acids is 1. The van der Waals surface area contributed by atoms with E-state index in [4.69, 9.17) is 0 Å². The molecule has 0 spiro atoms. The maximum Gasteiger partial charge on any atom is 0.321 e. The highest BCUT2D eigenvalue weighted by Crippen LogP contribution is 2.34. The molecule has 0 aliphatic carbocycles. The maximum absolute atomic E-state index is 12.1. The summed E-state index contributed by atoms with van der Waals surface area (Å²) in [6.45, 7) is 5.02. The van der Waals surface area contributed by atoms with Crippen molar-refractivity contribution in [3.05, 3.63) is 47.5 Å². The summed E-state index contributed by atoms with van der Waals surface area (Å²) < 4.78 is 33.2. The van der Waals surface area contributed by atoms with Gasteiger partial charge in [-0.25, -0.2) is 4.79 Å². The van der Waals surface area contributed by atoms with E-state index in [2.05, 4.69) is 5.32 Å². The third-order valence-electron chi connectivity index (χ3n) is 4.30. The van der Waals surface area contributed by atoms with Crippen molar-refractivity contribution in [2.75, 3.05) is 18.0 Å². The first-order valence-corrected chi connectivity index (χ1v) is 9.46. The van der Waals surface area contributed by atoms with Gasteiger partial charge in [0.25, 0.3) is 10.1 Å². The summed E-state index contributed by atoms with van der Waals surface area (Å²) in [5.41, 5.74) is 3.64. The number of amides is 2. The molecule has 3 rings (SSSR count). The van der Waals surface area contributed by atoms with Crippen LogP contribution >= 0.6 is 0 Å². The molecule has 132 valence electrons. The molecular formula is C18H20N2O4S. The Morgan fingerprint density at radius 2 is 1.84 bits per heavy atom. The highest BCUT2D eigenvalue weighted by Gasteiger charge is 2.23. The summed E-state index contributed by atoms with van der Waals surface area (Å²) in [5.74, 6) is 0. The average Bonchev–Trinajstić information content (AvgIpc) is 2.54. The largest absolute Gasteiger partial charge is 0.338 e. The van der Waals surface area contributed by atoms with Gasteiger partial charge in [0.1, 0.15) is 4.90 Å². The molecule has 1 fully saturated rings. The van der Waals surface area contributed by atoms with E-state index in [9.17, 15) is 17.8 Å². The van der Waals surface area contributed by atoms with E-state index in [-0.39, 0.29) is 10.9 Å². The molecule has 1 heterocycles. The molecule has 0 bridgehead atoms. The summed E-state index contributed by atoms with van der Waals surface area (Å²) in [6, 6.07) is 9.99. The van der Waals surface area contributed by atoms with E-state index in [1.54, 1.807) is 17.0 Å². The van der Waals surface area contributed by atoms with E-state index in [0.717, 1.165) is 17.5 Å².